The minimum atomic E-state index is -0.631. The highest BCUT2D eigenvalue weighted by molar-refractivity contribution is 6.31. The van der Waals surface area contributed by atoms with Gasteiger partial charge in [0.25, 0.3) is 0 Å². The van der Waals surface area contributed by atoms with Crippen LogP contribution < -0.4 is 0 Å². The van der Waals surface area contributed by atoms with E-state index in [0.717, 1.165) is 16.8 Å². The fraction of sp³-hybridized carbons (Fsp3) is 0.435. The lowest BCUT2D eigenvalue weighted by atomic mass is 10.0. The molecular weight excluding hydrogens is 407 g/mol. The van der Waals surface area contributed by atoms with Gasteiger partial charge in [-0.2, -0.15) is 0 Å². The first-order valence-corrected chi connectivity index (χ1v) is 10.5. The van der Waals surface area contributed by atoms with E-state index in [1.54, 1.807) is 12.1 Å². The van der Waals surface area contributed by atoms with Gasteiger partial charge in [0, 0.05) is 31.1 Å². The molecule has 0 aliphatic carbocycles. The molecule has 0 spiro atoms. The van der Waals surface area contributed by atoms with E-state index in [0.29, 0.717) is 31.1 Å². The molecule has 0 amide bonds. The van der Waals surface area contributed by atoms with Crippen LogP contribution in [0, 0.1) is 5.82 Å². The van der Waals surface area contributed by atoms with Gasteiger partial charge in [-0.05, 0) is 43.2 Å². The van der Waals surface area contributed by atoms with Crippen LogP contribution in [0.15, 0.2) is 53.7 Å². The first kappa shape index (κ1) is 22.7. The van der Waals surface area contributed by atoms with E-state index in [2.05, 4.69) is 10.1 Å². The molecule has 0 fully saturated rings. The zero-order valence-electron chi connectivity index (χ0n) is 17.3. The van der Waals surface area contributed by atoms with Crippen LogP contribution in [0.2, 0.25) is 5.02 Å². The molecule has 0 saturated heterocycles. The van der Waals surface area contributed by atoms with Gasteiger partial charge in [0.15, 0.2) is 0 Å². The van der Waals surface area contributed by atoms with Crippen LogP contribution in [0.1, 0.15) is 31.4 Å². The number of benzene rings is 2. The maximum Gasteiger partial charge on any atom is 0.145 e. The number of aliphatic hydroxyl groups excluding tert-OH is 1. The summed E-state index contributed by atoms with van der Waals surface area (Å²) >= 11 is 6.34. The molecule has 0 saturated carbocycles. The fourth-order valence-electron chi connectivity index (χ4n) is 3.35. The monoisotopic (exact) mass is 434 g/mol. The molecule has 162 valence electrons. The molecule has 3 rings (SSSR count). The van der Waals surface area contributed by atoms with Gasteiger partial charge in [-0.1, -0.05) is 47.1 Å². The Balaban J connectivity index is 1.63. The quantitative estimate of drug-likeness (QED) is 0.607. The number of rotatable bonds is 10. The summed E-state index contributed by atoms with van der Waals surface area (Å²) in [7, 11) is 0. The Labute approximate surface area is 182 Å². The Morgan fingerprint density at radius 1 is 1.23 bits per heavy atom. The molecule has 0 bridgehead atoms. The predicted octanol–water partition coefficient (Wildman–Crippen LogP) is 4.26. The highest BCUT2D eigenvalue weighted by Crippen LogP contribution is 2.21. The van der Waals surface area contributed by atoms with Crippen molar-refractivity contribution in [1.82, 2.24) is 4.90 Å². The summed E-state index contributed by atoms with van der Waals surface area (Å²) in [4.78, 5) is 7.74. The molecule has 1 aliphatic heterocycles. The first-order chi connectivity index (χ1) is 14.4. The van der Waals surface area contributed by atoms with Crippen LogP contribution in [0.3, 0.4) is 0 Å². The third-order valence-corrected chi connectivity index (χ3v) is 5.18. The molecule has 1 aliphatic rings. The van der Waals surface area contributed by atoms with Gasteiger partial charge in [-0.15, -0.1) is 0 Å². The standard InChI is InChI=1S/C23H28ClFN2O3/c1-16(2)29-15-20(28)13-27(12-18-5-3-4-6-22(18)24)14-21-11-23(26-30-21)17-7-9-19(25)10-8-17/h3-10,16,20-21,28H,11-15H2,1-2H3. The van der Waals surface area contributed by atoms with E-state index in [1.807, 2.05) is 38.1 Å². The highest BCUT2D eigenvalue weighted by Gasteiger charge is 2.26. The summed E-state index contributed by atoms with van der Waals surface area (Å²) in [5.74, 6) is -0.279. The molecule has 2 atom stereocenters. The molecule has 30 heavy (non-hydrogen) atoms. The lowest BCUT2D eigenvalue weighted by molar-refractivity contribution is -0.0194. The van der Waals surface area contributed by atoms with Crippen molar-refractivity contribution < 1.29 is 19.1 Å². The summed E-state index contributed by atoms with van der Waals surface area (Å²) < 4.78 is 18.7. The molecule has 0 radical (unpaired) electrons. The van der Waals surface area contributed by atoms with Gasteiger partial charge < -0.3 is 14.7 Å². The van der Waals surface area contributed by atoms with E-state index < -0.39 is 6.10 Å². The first-order valence-electron chi connectivity index (χ1n) is 10.1. The zero-order valence-corrected chi connectivity index (χ0v) is 18.1. The lowest BCUT2D eigenvalue weighted by Gasteiger charge is -2.27. The molecule has 5 nitrogen and oxygen atoms in total. The maximum absolute atomic E-state index is 13.2. The number of ether oxygens (including phenoxy) is 1. The largest absolute Gasteiger partial charge is 0.390 e. The van der Waals surface area contributed by atoms with Crippen LogP contribution in [0.5, 0.6) is 0 Å². The van der Waals surface area contributed by atoms with E-state index in [9.17, 15) is 9.50 Å². The van der Waals surface area contributed by atoms with Gasteiger partial charge in [-0.25, -0.2) is 4.39 Å². The fourth-order valence-corrected chi connectivity index (χ4v) is 3.55. The van der Waals surface area contributed by atoms with Crippen LogP contribution in [-0.2, 0) is 16.1 Å². The number of hydrogen-bond donors (Lipinski definition) is 1. The summed E-state index contributed by atoms with van der Waals surface area (Å²) in [6.07, 6.45) is -0.121. The number of aliphatic hydroxyl groups is 1. The zero-order chi connectivity index (χ0) is 21.5. The second-order valence-electron chi connectivity index (χ2n) is 7.80. The highest BCUT2D eigenvalue weighted by atomic mass is 35.5. The summed E-state index contributed by atoms with van der Waals surface area (Å²) in [5, 5.41) is 15.3. The Morgan fingerprint density at radius 2 is 1.97 bits per heavy atom. The lowest BCUT2D eigenvalue weighted by Crippen LogP contribution is -2.39. The van der Waals surface area contributed by atoms with E-state index in [4.69, 9.17) is 21.2 Å². The van der Waals surface area contributed by atoms with Crippen molar-refractivity contribution in [2.75, 3.05) is 19.7 Å². The van der Waals surface area contributed by atoms with Crippen molar-refractivity contribution in [3.05, 3.63) is 70.5 Å². The van der Waals surface area contributed by atoms with Gasteiger partial charge in [0.1, 0.15) is 11.9 Å². The van der Waals surface area contributed by atoms with Gasteiger partial charge in [-0.3, -0.25) is 4.90 Å². The van der Waals surface area contributed by atoms with Crippen LogP contribution >= 0.6 is 11.6 Å². The van der Waals surface area contributed by atoms with Gasteiger partial charge >= 0.3 is 0 Å². The van der Waals surface area contributed by atoms with Crippen LogP contribution in [0.25, 0.3) is 0 Å². The van der Waals surface area contributed by atoms with Crippen molar-refractivity contribution >= 4 is 17.3 Å². The Hall–Kier alpha value is -1.99. The molecule has 2 aromatic carbocycles. The Kier molecular flexibility index (Phi) is 8.22. The molecule has 1 N–H and O–H groups in total. The van der Waals surface area contributed by atoms with E-state index >= 15 is 0 Å². The predicted molar refractivity (Wildman–Crippen MR) is 116 cm³/mol. The normalized spacial score (nSPS) is 17.3. The number of oxime groups is 1. The minimum absolute atomic E-state index is 0.0569. The molecule has 1 heterocycles. The summed E-state index contributed by atoms with van der Waals surface area (Å²) in [6, 6.07) is 13.9. The van der Waals surface area contributed by atoms with Crippen molar-refractivity contribution in [3.8, 4) is 0 Å². The van der Waals surface area contributed by atoms with Crippen molar-refractivity contribution in [2.45, 2.75) is 45.1 Å². The van der Waals surface area contributed by atoms with Gasteiger partial charge in [0.05, 0.1) is 24.5 Å². The third-order valence-electron chi connectivity index (χ3n) is 4.81. The molecule has 2 aromatic rings. The Morgan fingerprint density at radius 3 is 2.67 bits per heavy atom. The Bertz CT molecular complexity index is 845. The second-order valence-corrected chi connectivity index (χ2v) is 8.21. The molecule has 7 heteroatoms. The number of hydrogen-bond acceptors (Lipinski definition) is 5. The SMILES string of the molecule is CC(C)OCC(O)CN(Cc1ccccc1Cl)CC1CC(c2ccc(F)cc2)=NO1. The smallest absolute Gasteiger partial charge is 0.145 e. The average Bonchev–Trinajstić information content (AvgIpc) is 3.17. The molecule has 0 aromatic heterocycles. The summed E-state index contributed by atoms with van der Waals surface area (Å²) in [5.41, 5.74) is 2.62. The molecular formula is C23H28ClFN2O3. The van der Waals surface area contributed by atoms with Crippen LogP contribution in [0.4, 0.5) is 4.39 Å². The summed E-state index contributed by atoms with van der Waals surface area (Å²) in [6.45, 7) is 5.70. The number of nitrogens with zero attached hydrogens (tertiary/aromatic N) is 2. The third kappa shape index (κ3) is 6.77. The van der Waals surface area contributed by atoms with Crippen LogP contribution in [-0.4, -0.2) is 53.7 Å². The van der Waals surface area contributed by atoms with Gasteiger partial charge in [0.2, 0.25) is 0 Å². The van der Waals surface area contributed by atoms with E-state index in [-0.39, 0.29) is 24.6 Å². The average molecular weight is 435 g/mol. The minimum Gasteiger partial charge on any atom is -0.390 e. The maximum atomic E-state index is 13.2. The van der Waals surface area contributed by atoms with Crippen molar-refractivity contribution in [1.29, 1.82) is 0 Å². The van der Waals surface area contributed by atoms with Crippen molar-refractivity contribution in [2.24, 2.45) is 5.16 Å². The molecule has 2 unspecified atom stereocenters. The number of halogens is 2. The second kappa shape index (κ2) is 10.9. The van der Waals surface area contributed by atoms with E-state index in [1.165, 1.54) is 12.1 Å². The van der Waals surface area contributed by atoms with Crippen molar-refractivity contribution in [3.63, 3.8) is 0 Å². The topological polar surface area (TPSA) is 54.3 Å².